The van der Waals surface area contributed by atoms with E-state index in [-0.39, 0.29) is 6.04 Å². The summed E-state index contributed by atoms with van der Waals surface area (Å²) in [5, 5.41) is 2.66. The number of pyridine rings is 1. The van der Waals surface area contributed by atoms with Crippen molar-refractivity contribution < 1.29 is 9.53 Å². The van der Waals surface area contributed by atoms with Crippen LogP contribution in [0.4, 0.5) is 4.79 Å². The lowest BCUT2D eigenvalue weighted by Crippen LogP contribution is -2.41. The third-order valence-corrected chi connectivity index (χ3v) is 2.15. The molecule has 0 fully saturated rings. The molecular formula is C13H21N3O2. The van der Waals surface area contributed by atoms with Crippen molar-refractivity contribution in [2.24, 2.45) is 5.73 Å². The van der Waals surface area contributed by atoms with E-state index in [1.807, 2.05) is 32.9 Å². The molecule has 0 radical (unpaired) electrons. The second-order valence-corrected chi connectivity index (χ2v) is 5.20. The molecule has 5 heteroatoms. The predicted molar refractivity (Wildman–Crippen MR) is 70.2 cm³/mol. The Hall–Kier alpha value is -1.62. The minimum atomic E-state index is -0.487. The molecule has 0 saturated carbocycles. The van der Waals surface area contributed by atoms with Gasteiger partial charge in [0.05, 0.1) is 0 Å². The van der Waals surface area contributed by atoms with Crippen molar-refractivity contribution in [2.45, 2.75) is 38.8 Å². The molecule has 1 aromatic heterocycles. The van der Waals surface area contributed by atoms with Gasteiger partial charge in [0.25, 0.3) is 0 Å². The van der Waals surface area contributed by atoms with Crippen molar-refractivity contribution in [1.29, 1.82) is 0 Å². The quantitative estimate of drug-likeness (QED) is 0.849. The summed E-state index contributed by atoms with van der Waals surface area (Å²) in [5.74, 6) is 0. The first kappa shape index (κ1) is 14.4. The predicted octanol–water partition coefficient (Wildman–Crippen LogP) is 1.48. The van der Waals surface area contributed by atoms with Crippen molar-refractivity contribution in [2.75, 3.05) is 6.54 Å². The summed E-state index contributed by atoms with van der Waals surface area (Å²) in [6.07, 6.45) is 3.71. The van der Waals surface area contributed by atoms with Crippen LogP contribution in [-0.4, -0.2) is 29.3 Å². The lowest BCUT2D eigenvalue weighted by molar-refractivity contribution is 0.0524. The third kappa shape index (κ3) is 6.20. The number of carbonyl (C=O) groups excluding carboxylic acids is 1. The number of aromatic nitrogens is 1. The van der Waals surface area contributed by atoms with E-state index in [4.69, 9.17) is 10.5 Å². The van der Waals surface area contributed by atoms with E-state index in [2.05, 4.69) is 10.3 Å². The van der Waals surface area contributed by atoms with Crippen LogP contribution < -0.4 is 11.1 Å². The van der Waals surface area contributed by atoms with Gasteiger partial charge in [-0.05, 0) is 44.9 Å². The number of ether oxygens (including phenoxy) is 1. The van der Waals surface area contributed by atoms with Crippen LogP contribution in [0.1, 0.15) is 26.3 Å². The number of amides is 1. The van der Waals surface area contributed by atoms with Gasteiger partial charge in [-0.1, -0.05) is 0 Å². The lowest BCUT2D eigenvalue weighted by atomic mass is 10.1. The van der Waals surface area contributed by atoms with Gasteiger partial charge in [0.1, 0.15) is 5.60 Å². The van der Waals surface area contributed by atoms with Crippen LogP contribution >= 0.6 is 0 Å². The summed E-state index contributed by atoms with van der Waals surface area (Å²) in [5.41, 5.74) is 6.54. The van der Waals surface area contributed by atoms with Crippen LogP contribution in [-0.2, 0) is 11.2 Å². The third-order valence-electron chi connectivity index (χ3n) is 2.15. The molecule has 0 aliphatic heterocycles. The summed E-state index contributed by atoms with van der Waals surface area (Å²) in [7, 11) is 0. The molecule has 0 saturated heterocycles. The van der Waals surface area contributed by atoms with Gasteiger partial charge < -0.3 is 15.8 Å². The standard InChI is InChI=1S/C13H21N3O2/c1-13(2,3)18-12(17)16-9-11(14)8-10-4-6-15-7-5-10/h4-7,11H,8-9,14H2,1-3H3,(H,16,17)/t11-/m0/s1. The maximum atomic E-state index is 11.4. The molecule has 5 nitrogen and oxygen atoms in total. The molecule has 18 heavy (non-hydrogen) atoms. The normalized spacial score (nSPS) is 12.9. The SMILES string of the molecule is CC(C)(C)OC(=O)NC[C@@H](N)Cc1ccncc1. The van der Waals surface area contributed by atoms with E-state index < -0.39 is 11.7 Å². The first-order valence-electron chi connectivity index (χ1n) is 5.98. The Morgan fingerprint density at radius 1 is 1.44 bits per heavy atom. The lowest BCUT2D eigenvalue weighted by Gasteiger charge is -2.20. The fourth-order valence-corrected chi connectivity index (χ4v) is 1.42. The number of rotatable bonds is 4. The molecule has 0 aromatic carbocycles. The van der Waals surface area contributed by atoms with E-state index in [9.17, 15) is 4.79 Å². The summed E-state index contributed by atoms with van der Waals surface area (Å²) in [6, 6.07) is 3.68. The summed E-state index contributed by atoms with van der Waals surface area (Å²) in [4.78, 5) is 15.4. The molecule has 100 valence electrons. The number of carbonyl (C=O) groups is 1. The second-order valence-electron chi connectivity index (χ2n) is 5.20. The zero-order valence-corrected chi connectivity index (χ0v) is 11.1. The highest BCUT2D eigenvalue weighted by Gasteiger charge is 2.16. The van der Waals surface area contributed by atoms with Crippen LogP contribution in [0, 0.1) is 0 Å². The monoisotopic (exact) mass is 251 g/mol. The van der Waals surface area contributed by atoms with Crippen molar-refractivity contribution in [3.8, 4) is 0 Å². The number of hydrogen-bond donors (Lipinski definition) is 2. The number of nitrogens with one attached hydrogen (secondary N) is 1. The Bertz CT molecular complexity index is 374. The van der Waals surface area contributed by atoms with Crippen LogP contribution in [0.2, 0.25) is 0 Å². The Labute approximate surface area is 108 Å². The number of nitrogens with zero attached hydrogens (tertiary/aromatic N) is 1. The highest BCUT2D eigenvalue weighted by molar-refractivity contribution is 5.67. The van der Waals surface area contributed by atoms with Crippen LogP contribution in [0.5, 0.6) is 0 Å². The van der Waals surface area contributed by atoms with Gasteiger partial charge in [-0.25, -0.2) is 4.79 Å². The van der Waals surface area contributed by atoms with E-state index in [0.717, 1.165) is 5.56 Å². The molecule has 1 amide bonds. The highest BCUT2D eigenvalue weighted by Crippen LogP contribution is 2.06. The Balaban J connectivity index is 2.29. The van der Waals surface area contributed by atoms with Crippen LogP contribution in [0.15, 0.2) is 24.5 Å². The fourth-order valence-electron chi connectivity index (χ4n) is 1.42. The minimum Gasteiger partial charge on any atom is -0.444 e. The average Bonchev–Trinajstić information content (AvgIpc) is 2.25. The largest absolute Gasteiger partial charge is 0.444 e. The fraction of sp³-hybridized carbons (Fsp3) is 0.538. The highest BCUT2D eigenvalue weighted by atomic mass is 16.6. The molecule has 0 bridgehead atoms. The number of nitrogens with two attached hydrogens (primary N) is 1. The molecule has 0 aliphatic carbocycles. The molecule has 1 heterocycles. The Kier molecular flexibility index (Phi) is 5.09. The number of hydrogen-bond acceptors (Lipinski definition) is 4. The molecule has 3 N–H and O–H groups in total. The number of alkyl carbamates (subject to hydrolysis) is 1. The zero-order chi connectivity index (χ0) is 13.6. The van der Waals surface area contributed by atoms with Crippen molar-refractivity contribution in [3.05, 3.63) is 30.1 Å². The van der Waals surface area contributed by atoms with Crippen LogP contribution in [0.3, 0.4) is 0 Å². The summed E-state index contributed by atoms with van der Waals surface area (Å²) >= 11 is 0. The first-order valence-corrected chi connectivity index (χ1v) is 5.98. The van der Waals surface area contributed by atoms with E-state index in [1.54, 1.807) is 12.4 Å². The second kappa shape index (κ2) is 6.35. The van der Waals surface area contributed by atoms with Gasteiger partial charge in [-0.3, -0.25) is 4.98 Å². The van der Waals surface area contributed by atoms with E-state index in [1.165, 1.54) is 0 Å². The molecule has 1 atom stereocenters. The van der Waals surface area contributed by atoms with Gasteiger partial charge in [-0.15, -0.1) is 0 Å². The van der Waals surface area contributed by atoms with E-state index in [0.29, 0.717) is 13.0 Å². The van der Waals surface area contributed by atoms with Crippen molar-refractivity contribution >= 4 is 6.09 Å². The van der Waals surface area contributed by atoms with Gasteiger partial charge in [0, 0.05) is 25.0 Å². The summed E-state index contributed by atoms with van der Waals surface area (Å²) < 4.78 is 5.12. The maximum Gasteiger partial charge on any atom is 0.407 e. The molecule has 1 aromatic rings. The van der Waals surface area contributed by atoms with Gasteiger partial charge in [0.2, 0.25) is 0 Å². The molecule has 1 rings (SSSR count). The first-order chi connectivity index (χ1) is 8.37. The minimum absolute atomic E-state index is 0.139. The van der Waals surface area contributed by atoms with E-state index >= 15 is 0 Å². The molecule has 0 spiro atoms. The topological polar surface area (TPSA) is 77.2 Å². The molecule has 0 unspecified atom stereocenters. The van der Waals surface area contributed by atoms with Gasteiger partial charge in [-0.2, -0.15) is 0 Å². The van der Waals surface area contributed by atoms with Gasteiger partial charge in [0.15, 0.2) is 0 Å². The summed E-state index contributed by atoms with van der Waals surface area (Å²) in [6.45, 7) is 5.85. The Morgan fingerprint density at radius 2 is 2.06 bits per heavy atom. The smallest absolute Gasteiger partial charge is 0.407 e. The molecule has 0 aliphatic rings. The van der Waals surface area contributed by atoms with Gasteiger partial charge >= 0.3 is 6.09 Å². The van der Waals surface area contributed by atoms with Crippen LogP contribution in [0.25, 0.3) is 0 Å². The van der Waals surface area contributed by atoms with Crippen molar-refractivity contribution in [1.82, 2.24) is 10.3 Å². The average molecular weight is 251 g/mol. The molecular weight excluding hydrogens is 230 g/mol. The Morgan fingerprint density at radius 3 is 2.61 bits per heavy atom. The zero-order valence-electron chi connectivity index (χ0n) is 11.1. The van der Waals surface area contributed by atoms with Crippen molar-refractivity contribution in [3.63, 3.8) is 0 Å². The maximum absolute atomic E-state index is 11.4.